The van der Waals surface area contributed by atoms with Gasteiger partial charge in [-0.3, -0.25) is 0 Å². The Labute approximate surface area is 304 Å². The first-order chi connectivity index (χ1) is 24.1. The molecule has 0 aromatic heterocycles. The molecule has 0 bridgehead atoms. The van der Waals surface area contributed by atoms with Crippen molar-refractivity contribution in [2.45, 2.75) is 47.5 Å². The SMILES string of the molecule is C=CCc1c(N)c(N)c(N)c([N+](c2c(C)c(N)c(C(=C)C)c(N)c2N)(c2c(N)c(N)c(N)c(C)c2CC)c2c(N)c(N)c(N)c(N)c2C(=C)C)c1N. The summed E-state index contributed by atoms with van der Waals surface area (Å²) >= 11 is 0. The van der Waals surface area contributed by atoms with Crippen molar-refractivity contribution >= 4 is 114 Å². The van der Waals surface area contributed by atoms with Crippen LogP contribution in [0, 0.1) is 13.8 Å². The third kappa shape index (κ3) is 4.85. The first-order valence-corrected chi connectivity index (χ1v) is 16.4. The van der Waals surface area contributed by atoms with E-state index in [1.165, 1.54) is 0 Å². The minimum absolute atomic E-state index is 0.00266. The number of benzene rings is 4. The number of quaternary nitrogens is 1. The van der Waals surface area contributed by atoms with E-state index >= 15 is 0 Å². The molecule has 4 aromatic carbocycles. The molecule has 276 valence electrons. The topological polar surface area (TPSA) is 364 Å². The smallest absolute Gasteiger partial charge is 0.197 e. The van der Waals surface area contributed by atoms with Crippen molar-refractivity contribution < 1.29 is 0 Å². The van der Waals surface area contributed by atoms with Crippen LogP contribution in [0.15, 0.2) is 25.8 Å². The van der Waals surface area contributed by atoms with Gasteiger partial charge in [-0.25, -0.2) is 0 Å². The van der Waals surface area contributed by atoms with E-state index in [0.29, 0.717) is 45.4 Å². The molecule has 52 heavy (non-hydrogen) atoms. The Morgan fingerprint density at radius 2 is 0.885 bits per heavy atom. The van der Waals surface area contributed by atoms with Crippen LogP contribution < -0.4 is 84.8 Å². The molecule has 15 heteroatoms. The molecule has 4 rings (SSSR count). The molecule has 15 nitrogen and oxygen atoms in total. The van der Waals surface area contributed by atoms with E-state index in [-0.39, 0.29) is 114 Å². The maximum atomic E-state index is 7.28. The van der Waals surface area contributed by atoms with Crippen molar-refractivity contribution in [1.29, 1.82) is 0 Å². The van der Waals surface area contributed by atoms with Crippen LogP contribution in [-0.2, 0) is 12.8 Å². The average molecular weight is 709 g/mol. The van der Waals surface area contributed by atoms with Crippen molar-refractivity contribution in [2.75, 3.05) is 80.3 Å². The normalized spacial score (nSPS) is 12.4. The Hall–Kier alpha value is -6.74. The van der Waals surface area contributed by atoms with E-state index in [2.05, 4.69) is 19.7 Å². The number of allylic oxidation sites excluding steroid dienone is 3. The summed E-state index contributed by atoms with van der Waals surface area (Å²) in [6.07, 6.45) is 2.14. The van der Waals surface area contributed by atoms with Crippen molar-refractivity contribution in [1.82, 2.24) is 4.48 Å². The second-order valence-electron chi connectivity index (χ2n) is 13.2. The van der Waals surface area contributed by atoms with Crippen LogP contribution in [0.3, 0.4) is 0 Å². The van der Waals surface area contributed by atoms with E-state index in [1.807, 2.05) is 13.8 Å². The van der Waals surface area contributed by atoms with Crippen molar-refractivity contribution in [3.63, 3.8) is 0 Å². The maximum Gasteiger partial charge on any atom is 0.197 e. The molecule has 0 fully saturated rings. The molecule has 0 aliphatic heterocycles. The van der Waals surface area contributed by atoms with E-state index in [1.54, 1.807) is 26.8 Å². The molecule has 0 amide bonds. The summed E-state index contributed by atoms with van der Waals surface area (Å²) in [5.41, 5.74) is 102. The van der Waals surface area contributed by atoms with Gasteiger partial charge in [0, 0.05) is 22.3 Å². The van der Waals surface area contributed by atoms with E-state index in [9.17, 15) is 0 Å². The first-order valence-electron chi connectivity index (χ1n) is 16.4. The number of hydrogen-bond acceptors (Lipinski definition) is 14. The van der Waals surface area contributed by atoms with Crippen LogP contribution in [0.2, 0.25) is 0 Å². The molecule has 28 N–H and O–H groups in total. The maximum absolute atomic E-state index is 7.28. The fraction of sp³-hybridized carbons (Fsp3) is 0.189. The van der Waals surface area contributed by atoms with Crippen molar-refractivity contribution in [3.8, 4) is 0 Å². The molecule has 0 aliphatic carbocycles. The summed E-state index contributed by atoms with van der Waals surface area (Å²) in [6, 6.07) is 0. The van der Waals surface area contributed by atoms with Gasteiger partial charge in [-0.1, -0.05) is 26.2 Å². The molecule has 1 atom stereocenters. The standard InChI is InChI=1S/C37H54N15/c1-9-11-17-22(40)27(45)33(51)37(23(17)41)52(35-16(10-2)14(7)21(39)26(44)31(35)49,34-15(8)20(38)18(12(3)4)24(42)30(34)48)36-19(13(5)6)25(43)28(46)29(47)32(36)50/h9H,1,3,5,10-11,38-51H2,2,4,6-8H3/q+1. The Morgan fingerprint density at radius 1 is 0.462 bits per heavy atom. The van der Waals surface area contributed by atoms with E-state index < -0.39 is 4.48 Å². The van der Waals surface area contributed by atoms with Gasteiger partial charge in [-0.15, -0.1) is 6.58 Å². The zero-order valence-electron chi connectivity index (χ0n) is 30.6. The Kier molecular flexibility index (Phi) is 9.41. The fourth-order valence-corrected chi connectivity index (χ4v) is 7.47. The predicted molar refractivity (Wildman–Crippen MR) is 230 cm³/mol. The van der Waals surface area contributed by atoms with Gasteiger partial charge in [0.05, 0.1) is 56.7 Å². The molecular formula is C37H54N15+. The minimum Gasteiger partial charge on any atom is -0.398 e. The molecule has 0 heterocycles. The second kappa shape index (κ2) is 12.9. The van der Waals surface area contributed by atoms with Crippen LogP contribution in [0.5, 0.6) is 0 Å². The molecule has 0 spiro atoms. The largest absolute Gasteiger partial charge is 0.398 e. The molecular weight excluding hydrogens is 655 g/mol. The lowest BCUT2D eigenvalue weighted by atomic mass is 9.86. The fourth-order valence-electron chi connectivity index (χ4n) is 7.47. The Balaban J connectivity index is 2.80. The van der Waals surface area contributed by atoms with Crippen LogP contribution >= 0.6 is 0 Å². The van der Waals surface area contributed by atoms with Gasteiger partial charge in [0.1, 0.15) is 28.4 Å². The molecule has 0 saturated carbocycles. The monoisotopic (exact) mass is 708 g/mol. The minimum atomic E-state index is -0.766. The average Bonchev–Trinajstić information content (AvgIpc) is 3.08. The molecule has 1 unspecified atom stereocenters. The first kappa shape index (κ1) is 38.1. The highest BCUT2D eigenvalue weighted by Crippen LogP contribution is 2.68. The summed E-state index contributed by atoms with van der Waals surface area (Å²) in [5, 5.41) is 0. The summed E-state index contributed by atoms with van der Waals surface area (Å²) in [6.45, 7) is 21.3. The number of nitrogens with zero attached hydrogens (tertiary/aromatic N) is 1. The highest BCUT2D eigenvalue weighted by atomic mass is 15.4. The summed E-state index contributed by atoms with van der Waals surface area (Å²) in [4.78, 5) is 0. The summed E-state index contributed by atoms with van der Waals surface area (Å²) in [7, 11) is 0. The zero-order chi connectivity index (χ0) is 39.6. The van der Waals surface area contributed by atoms with Gasteiger partial charge in [0.25, 0.3) is 0 Å². The van der Waals surface area contributed by atoms with Crippen molar-refractivity contribution in [2.24, 2.45) is 0 Å². The van der Waals surface area contributed by atoms with Crippen LogP contribution in [0.1, 0.15) is 54.2 Å². The summed E-state index contributed by atoms with van der Waals surface area (Å²) in [5.74, 6) is 0. The Morgan fingerprint density at radius 3 is 1.38 bits per heavy atom. The van der Waals surface area contributed by atoms with Gasteiger partial charge in [0.2, 0.25) is 0 Å². The number of rotatable bonds is 9. The zero-order valence-corrected chi connectivity index (χ0v) is 30.6. The third-order valence-corrected chi connectivity index (χ3v) is 10.1. The van der Waals surface area contributed by atoms with Crippen LogP contribution in [0.4, 0.5) is 102 Å². The van der Waals surface area contributed by atoms with Crippen LogP contribution in [-0.4, -0.2) is 0 Å². The van der Waals surface area contributed by atoms with E-state index in [0.717, 1.165) is 0 Å². The second-order valence-corrected chi connectivity index (χ2v) is 13.2. The van der Waals surface area contributed by atoms with Gasteiger partial charge in [-0.05, 0) is 57.2 Å². The quantitative estimate of drug-likeness (QED) is 0.0610. The van der Waals surface area contributed by atoms with Gasteiger partial charge in [-0.2, -0.15) is 4.48 Å². The molecule has 0 radical (unpaired) electrons. The molecule has 0 saturated heterocycles. The lowest BCUT2D eigenvalue weighted by molar-refractivity contribution is 0.699. The highest BCUT2D eigenvalue weighted by molar-refractivity contribution is 6.15. The predicted octanol–water partition coefficient (Wildman–Crippen LogP) is 5.11. The Bertz CT molecular complexity index is 2220. The highest BCUT2D eigenvalue weighted by Gasteiger charge is 2.54. The number of nitrogens with two attached hydrogens (primary N) is 14. The lowest BCUT2D eigenvalue weighted by Crippen LogP contribution is -2.41. The van der Waals surface area contributed by atoms with Gasteiger partial charge < -0.3 is 80.3 Å². The number of hydrogen-bond donors (Lipinski definition) is 14. The van der Waals surface area contributed by atoms with E-state index in [4.69, 9.17) is 80.3 Å². The third-order valence-electron chi connectivity index (χ3n) is 10.1. The van der Waals surface area contributed by atoms with Gasteiger partial charge in [0.15, 0.2) is 22.7 Å². The van der Waals surface area contributed by atoms with Crippen molar-refractivity contribution in [3.05, 3.63) is 59.2 Å². The number of anilines is 14. The lowest BCUT2D eigenvalue weighted by Gasteiger charge is -2.44. The number of nitrogen functional groups attached to an aromatic ring is 14. The molecule has 0 aliphatic rings. The van der Waals surface area contributed by atoms with Gasteiger partial charge >= 0.3 is 0 Å². The van der Waals surface area contributed by atoms with Crippen LogP contribution in [0.25, 0.3) is 11.1 Å². The molecule has 4 aromatic rings. The summed E-state index contributed by atoms with van der Waals surface area (Å²) < 4.78 is -0.766.